The quantitative estimate of drug-likeness (QED) is 0.844. The molecule has 2 aliphatic heterocycles. The molecule has 0 N–H and O–H groups in total. The Hall–Kier alpha value is -2.11. The van der Waals surface area contributed by atoms with Gasteiger partial charge in [-0.05, 0) is 37.1 Å². The van der Waals surface area contributed by atoms with E-state index in [2.05, 4.69) is 0 Å². The van der Waals surface area contributed by atoms with E-state index in [1.54, 1.807) is 17.0 Å². The number of carbonyl (C=O) groups excluding carboxylic acids is 2. The van der Waals surface area contributed by atoms with Crippen molar-refractivity contribution in [2.75, 3.05) is 19.6 Å². The van der Waals surface area contributed by atoms with Crippen molar-refractivity contribution in [1.82, 2.24) is 9.80 Å². The molecule has 1 atom stereocenters. The van der Waals surface area contributed by atoms with Gasteiger partial charge in [-0.15, -0.1) is 0 Å². The minimum absolute atomic E-state index is 0.0546. The van der Waals surface area contributed by atoms with Crippen LogP contribution in [0.3, 0.4) is 0 Å². The molecule has 2 heterocycles. The van der Waals surface area contributed by atoms with E-state index >= 15 is 0 Å². The Morgan fingerprint density at radius 1 is 1.13 bits per heavy atom. The van der Waals surface area contributed by atoms with E-state index < -0.39 is 0 Å². The number of amides is 2. The molecule has 0 aromatic heterocycles. The Labute approximate surface area is 134 Å². The summed E-state index contributed by atoms with van der Waals surface area (Å²) in [4.78, 5) is 28.0. The number of hydrogen-bond donors (Lipinski definition) is 0. The lowest BCUT2D eigenvalue weighted by molar-refractivity contribution is -0.144. The molecule has 1 aromatic carbocycles. The topological polar surface area (TPSA) is 49.9 Å². The van der Waals surface area contributed by atoms with Gasteiger partial charge in [0.1, 0.15) is 17.7 Å². The first-order chi connectivity index (χ1) is 11.1. The predicted octanol–water partition coefficient (Wildman–Crippen LogP) is 1.43. The molecule has 1 saturated carbocycles. The van der Waals surface area contributed by atoms with Gasteiger partial charge >= 0.3 is 0 Å². The maximum Gasteiger partial charge on any atom is 0.228 e. The maximum absolute atomic E-state index is 12.8. The maximum atomic E-state index is 12.8. The second-order valence-corrected chi connectivity index (χ2v) is 6.62. The number of ether oxygens (including phenoxy) is 1. The third kappa shape index (κ3) is 2.90. The number of likely N-dealkylation sites (tertiary alicyclic amines) is 2. The summed E-state index contributed by atoms with van der Waals surface area (Å²) in [6.07, 6.45) is 2.43. The van der Waals surface area contributed by atoms with Crippen LogP contribution in [0.4, 0.5) is 4.39 Å². The molecular formula is C17H19FN2O3. The molecule has 23 heavy (non-hydrogen) atoms. The van der Waals surface area contributed by atoms with Crippen molar-refractivity contribution < 1.29 is 18.7 Å². The molecule has 0 bridgehead atoms. The minimum Gasteiger partial charge on any atom is -0.487 e. The molecule has 5 nitrogen and oxygen atoms in total. The fourth-order valence-electron chi connectivity index (χ4n) is 3.29. The molecule has 0 radical (unpaired) electrons. The summed E-state index contributed by atoms with van der Waals surface area (Å²) < 4.78 is 18.5. The second-order valence-electron chi connectivity index (χ2n) is 6.62. The molecule has 1 unspecified atom stereocenters. The largest absolute Gasteiger partial charge is 0.487 e. The van der Waals surface area contributed by atoms with Crippen LogP contribution in [0.5, 0.6) is 5.75 Å². The molecule has 2 saturated heterocycles. The molecular weight excluding hydrogens is 299 g/mol. The number of rotatable bonds is 4. The number of benzene rings is 1. The molecule has 4 rings (SSSR count). The summed E-state index contributed by atoms with van der Waals surface area (Å²) in [5, 5.41) is 0. The third-order valence-corrected chi connectivity index (χ3v) is 4.77. The van der Waals surface area contributed by atoms with Gasteiger partial charge in [0.2, 0.25) is 11.8 Å². The molecule has 0 spiro atoms. The molecule has 1 aromatic rings. The van der Waals surface area contributed by atoms with E-state index in [0.29, 0.717) is 37.8 Å². The standard InChI is InChI=1S/C17H19FN2O3/c18-12-1-5-14(6-2-12)23-15-9-19(10-15)17(22)11-7-16(21)20(8-11)13-3-4-13/h1-2,5-6,11,13,15H,3-4,7-10H2. The number of hydrogen-bond acceptors (Lipinski definition) is 3. The van der Waals surface area contributed by atoms with Crippen molar-refractivity contribution in [3.63, 3.8) is 0 Å². The van der Waals surface area contributed by atoms with Crippen molar-refractivity contribution in [3.05, 3.63) is 30.1 Å². The lowest BCUT2D eigenvalue weighted by Gasteiger charge is -2.40. The van der Waals surface area contributed by atoms with Gasteiger partial charge in [0.15, 0.2) is 0 Å². The Morgan fingerprint density at radius 3 is 2.48 bits per heavy atom. The van der Waals surface area contributed by atoms with Gasteiger partial charge in [-0.3, -0.25) is 9.59 Å². The molecule has 1 aliphatic carbocycles. The molecule has 3 aliphatic rings. The van der Waals surface area contributed by atoms with Crippen molar-refractivity contribution in [2.45, 2.75) is 31.4 Å². The van der Waals surface area contributed by atoms with E-state index in [1.807, 2.05) is 4.90 Å². The fourth-order valence-corrected chi connectivity index (χ4v) is 3.29. The van der Waals surface area contributed by atoms with Crippen LogP contribution in [0.25, 0.3) is 0 Å². The Morgan fingerprint density at radius 2 is 1.83 bits per heavy atom. The van der Waals surface area contributed by atoms with Gasteiger partial charge in [-0.2, -0.15) is 0 Å². The average Bonchev–Trinajstić information content (AvgIpc) is 3.26. The summed E-state index contributed by atoms with van der Waals surface area (Å²) in [5.41, 5.74) is 0. The highest BCUT2D eigenvalue weighted by Crippen LogP contribution is 2.33. The van der Waals surface area contributed by atoms with Gasteiger partial charge < -0.3 is 14.5 Å². The van der Waals surface area contributed by atoms with Crippen molar-refractivity contribution in [1.29, 1.82) is 0 Å². The highest BCUT2D eigenvalue weighted by molar-refractivity contribution is 5.90. The summed E-state index contributed by atoms with van der Waals surface area (Å²) in [6.45, 7) is 1.64. The smallest absolute Gasteiger partial charge is 0.228 e. The van der Waals surface area contributed by atoms with Crippen LogP contribution < -0.4 is 4.74 Å². The van der Waals surface area contributed by atoms with Crippen LogP contribution in [0.2, 0.25) is 0 Å². The minimum atomic E-state index is -0.297. The van der Waals surface area contributed by atoms with Crippen LogP contribution >= 0.6 is 0 Å². The monoisotopic (exact) mass is 318 g/mol. The lowest BCUT2D eigenvalue weighted by atomic mass is 10.0. The van der Waals surface area contributed by atoms with Crippen LogP contribution in [-0.4, -0.2) is 53.4 Å². The zero-order chi connectivity index (χ0) is 16.0. The van der Waals surface area contributed by atoms with Crippen molar-refractivity contribution in [3.8, 4) is 5.75 Å². The third-order valence-electron chi connectivity index (χ3n) is 4.77. The van der Waals surface area contributed by atoms with Crippen LogP contribution in [-0.2, 0) is 9.59 Å². The van der Waals surface area contributed by atoms with Gasteiger partial charge in [0, 0.05) is 19.0 Å². The van der Waals surface area contributed by atoms with E-state index in [1.165, 1.54) is 12.1 Å². The van der Waals surface area contributed by atoms with E-state index in [4.69, 9.17) is 4.74 Å². The lowest BCUT2D eigenvalue weighted by Crippen LogP contribution is -2.57. The van der Waals surface area contributed by atoms with Crippen molar-refractivity contribution in [2.24, 2.45) is 5.92 Å². The highest BCUT2D eigenvalue weighted by atomic mass is 19.1. The van der Waals surface area contributed by atoms with Crippen LogP contribution in [0, 0.1) is 11.7 Å². The van der Waals surface area contributed by atoms with Gasteiger partial charge in [-0.25, -0.2) is 4.39 Å². The normalized spacial score (nSPS) is 24.7. The summed E-state index contributed by atoms with van der Waals surface area (Å²) in [5.74, 6) is 0.286. The highest BCUT2D eigenvalue weighted by Gasteiger charge is 2.44. The molecule has 3 fully saturated rings. The van der Waals surface area contributed by atoms with Gasteiger partial charge in [0.25, 0.3) is 0 Å². The first kappa shape index (κ1) is 14.5. The number of nitrogens with zero attached hydrogens (tertiary/aromatic N) is 2. The average molecular weight is 318 g/mol. The number of halogens is 1. The van der Waals surface area contributed by atoms with Crippen LogP contribution in [0.1, 0.15) is 19.3 Å². The first-order valence-electron chi connectivity index (χ1n) is 8.10. The SMILES string of the molecule is O=C(C1CC(=O)N(C2CC2)C1)N1CC(Oc2ccc(F)cc2)C1. The van der Waals surface area contributed by atoms with E-state index in [9.17, 15) is 14.0 Å². The Kier molecular flexibility index (Phi) is 3.47. The zero-order valence-corrected chi connectivity index (χ0v) is 12.8. The number of carbonyl (C=O) groups is 2. The summed E-state index contributed by atoms with van der Waals surface area (Å²) in [7, 11) is 0. The van der Waals surface area contributed by atoms with Gasteiger partial charge in [-0.1, -0.05) is 0 Å². The summed E-state index contributed by atoms with van der Waals surface area (Å²) in [6, 6.07) is 6.26. The Bertz CT molecular complexity index is 623. The molecule has 6 heteroatoms. The van der Waals surface area contributed by atoms with Crippen molar-refractivity contribution >= 4 is 11.8 Å². The first-order valence-corrected chi connectivity index (χ1v) is 8.10. The zero-order valence-electron chi connectivity index (χ0n) is 12.8. The van der Waals surface area contributed by atoms with Crippen LogP contribution in [0.15, 0.2) is 24.3 Å². The predicted molar refractivity (Wildman–Crippen MR) is 80.2 cm³/mol. The Balaban J connectivity index is 1.27. The molecule has 2 amide bonds. The van der Waals surface area contributed by atoms with E-state index in [0.717, 1.165) is 12.8 Å². The molecule has 122 valence electrons. The fraction of sp³-hybridized carbons (Fsp3) is 0.529. The van der Waals surface area contributed by atoms with E-state index in [-0.39, 0.29) is 29.7 Å². The summed E-state index contributed by atoms with van der Waals surface area (Å²) >= 11 is 0. The second kappa shape index (κ2) is 5.51. The van der Waals surface area contributed by atoms with Gasteiger partial charge in [0.05, 0.1) is 19.0 Å².